The van der Waals surface area contributed by atoms with Crippen molar-refractivity contribution in [3.05, 3.63) is 25.3 Å². The zero-order chi connectivity index (χ0) is 13.2. The van der Waals surface area contributed by atoms with Gasteiger partial charge < -0.3 is 9.47 Å². The second-order valence-corrected chi connectivity index (χ2v) is 6.21. The van der Waals surface area contributed by atoms with Crippen LogP contribution in [0.3, 0.4) is 0 Å². The van der Waals surface area contributed by atoms with Gasteiger partial charge in [0.05, 0.1) is 13.2 Å². The molecule has 0 aromatic heterocycles. The van der Waals surface area contributed by atoms with Crippen molar-refractivity contribution in [2.75, 3.05) is 13.2 Å². The molecule has 0 spiro atoms. The maximum atomic E-state index is 5.84. The third-order valence-corrected chi connectivity index (χ3v) is 5.01. The Morgan fingerprint density at radius 1 is 1.17 bits per heavy atom. The van der Waals surface area contributed by atoms with Gasteiger partial charge in [0.2, 0.25) is 0 Å². The first-order chi connectivity index (χ1) is 8.61. The molecular formula is C16H26O2. The van der Waals surface area contributed by atoms with E-state index in [2.05, 4.69) is 27.0 Å². The predicted molar refractivity (Wildman–Crippen MR) is 74.2 cm³/mol. The van der Waals surface area contributed by atoms with Gasteiger partial charge in [0.25, 0.3) is 0 Å². The van der Waals surface area contributed by atoms with E-state index in [0.717, 1.165) is 11.8 Å². The third kappa shape index (κ3) is 2.41. The van der Waals surface area contributed by atoms with Gasteiger partial charge in [-0.05, 0) is 36.5 Å². The largest absolute Gasteiger partial charge is 0.348 e. The molecule has 3 atom stereocenters. The summed E-state index contributed by atoms with van der Waals surface area (Å²) >= 11 is 0. The first-order valence-electron chi connectivity index (χ1n) is 7.06. The fourth-order valence-corrected chi connectivity index (χ4v) is 4.03. The van der Waals surface area contributed by atoms with Crippen LogP contribution in [0.2, 0.25) is 0 Å². The Morgan fingerprint density at radius 2 is 1.78 bits per heavy atom. The molecule has 0 aromatic carbocycles. The third-order valence-electron chi connectivity index (χ3n) is 5.01. The first-order valence-corrected chi connectivity index (χ1v) is 7.06. The molecule has 2 nitrogen and oxygen atoms in total. The van der Waals surface area contributed by atoms with E-state index < -0.39 is 0 Å². The summed E-state index contributed by atoms with van der Waals surface area (Å²) in [5.74, 6) is 2.12. The second kappa shape index (κ2) is 5.58. The molecule has 0 heterocycles. The zero-order valence-corrected chi connectivity index (χ0v) is 11.7. The maximum absolute atomic E-state index is 5.84. The van der Waals surface area contributed by atoms with Gasteiger partial charge in [-0.2, -0.15) is 0 Å². The summed E-state index contributed by atoms with van der Waals surface area (Å²) in [5, 5.41) is 0. The van der Waals surface area contributed by atoms with Gasteiger partial charge in [-0.3, -0.25) is 0 Å². The van der Waals surface area contributed by atoms with Crippen molar-refractivity contribution in [2.45, 2.75) is 39.4 Å². The molecule has 18 heavy (non-hydrogen) atoms. The van der Waals surface area contributed by atoms with Crippen LogP contribution in [0, 0.1) is 23.2 Å². The van der Waals surface area contributed by atoms with Gasteiger partial charge in [0, 0.05) is 5.92 Å². The van der Waals surface area contributed by atoms with Crippen LogP contribution in [0.4, 0.5) is 0 Å². The molecule has 0 N–H and O–H groups in total. The summed E-state index contributed by atoms with van der Waals surface area (Å²) in [5.41, 5.74) is 0.456. The van der Waals surface area contributed by atoms with E-state index in [1.54, 1.807) is 12.2 Å². The number of rotatable bonds is 7. The number of hydrogen-bond acceptors (Lipinski definition) is 2. The summed E-state index contributed by atoms with van der Waals surface area (Å²) in [6.07, 6.45) is 7.45. The van der Waals surface area contributed by atoms with Gasteiger partial charge in [0.15, 0.2) is 6.29 Å². The number of hydrogen-bond donors (Lipinski definition) is 0. The molecule has 2 aliphatic carbocycles. The molecule has 2 aliphatic rings. The highest BCUT2D eigenvalue weighted by Gasteiger charge is 2.55. The normalized spacial score (nSPS) is 32.9. The lowest BCUT2D eigenvalue weighted by atomic mass is 9.80. The van der Waals surface area contributed by atoms with Crippen LogP contribution in [-0.2, 0) is 9.47 Å². The topological polar surface area (TPSA) is 18.5 Å². The van der Waals surface area contributed by atoms with Crippen LogP contribution >= 0.6 is 0 Å². The molecule has 102 valence electrons. The SMILES string of the molecule is C=CCOC(OCC=C)[C@H]1C[C@H]2CC[C@@H]1C2(C)C. The minimum atomic E-state index is -0.0874. The summed E-state index contributed by atoms with van der Waals surface area (Å²) in [6.45, 7) is 13.4. The van der Waals surface area contributed by atoms with Gasteiger partial charge >= 0.3 is 0 Å². The van der Waals surface area contributed by atoms with Crippen LogP contribution in [0.1, 0.15) is 33.1 Å². The van der Waals surface area contributed by atoms with E-state index in [4.69, 9.17) is 9.47 Å². The van der Waals surface area contributed by atoms with Crippen LogP contribution in [0.15, 0.2) is 25.3 Å². The Hall–Kier alpha value is -0.600. The Labute approximate surface area is 111 Å². The lowest BCUT2D eigenvalue weighted by Crippen LogP contribution is -2.33. The molecule has 0 radical (unpaired) electrons. The molecular weight excluding hydrogens is 224 g/mol. The van der Waals surface area contributed by atoms with E-state index >= 15 is 0 Å². The van der Waals surface area contributed by atoms with E-state index in [1.807, 2.05) is 0 Å². The highest BCUT2D eigenvalue weighted by molar-refractivity contribution is 5.03. The summed E-state index contributed by atoms with van der Waals surface area (Å²) in [6, 6.07) is 0. The number of ether oxygens (including phenoxy) is 2. The Bertz CT molecular complexity index is 296. The molecule has 2 heteroatoms. The molecule has 2 bridgehead atoms. The quantitative estimate of drug-likeness (QED) is 0.505. The summed E-state index contributed by atoms with van der Waals surface area (Å²) in [7, 11) is 0. The highest BCUT2D eigenvalue weighted by atomic mass is 16.7. The van der Waals surface area contributed by atoms with Gasteiger partial charge in [0.1, 0.15) is 0 Å². The number of fused-ring (bicyclic) bond motifs is 2. The summed E-state index contributed by atoms with van der Waals surface area (Å²) in [4.78, 5) is 0. The van der Waals surface area contributed by atoms with Crippen LogP contribution < -0.4 is 0 Å². The summed E-state index contributed by atoms with van der Waals surface area (Å²) < 4.78 is 11.7. The van der Waals surface area contributed by atoms with Crippen molar-refractivity contribution in [1.82, 2.24) is 0 Å². The van der Waals surface area contributed by atoms with E-state index in [1.165, 1.54) is 19.3 Å². The van der Waals surface area contributed by atoms with Crippen molar-refractivity contribution in [1.29, 1.82) is 0 Å². The Morgan fingerprint density at radius 3 is 2.17 bits per heavy atom. The van der Waals surface area contributed by atoms with Crippen LogP contribution in [-0.4, -0.2) is 19.5 Å². The van der Waals surface area contributed by atoms with Crippen LogP contribution in [0.25, 0.3) is 0 Å². The van der Waals surface area contributed by atoms with Gasteiger partial charge in [-0.1, -0.05) is 26.0 Å². The molecule has 0 aliphatic heterocycles. The van der Waals surface area contributed by atoms with E-state index in [-0.39, 0.29) is 6.29 Å². The second-order valence-electron chi connectivity index (χ2n) is 6.21. The molecule has 2 rings (SSSR count). The smallest absolute Gasteiger partial charge is 0.161 e. The van der Waals surface area contributed by atoms with Gasteiger partial charge in [-0.15, -0.1) is 13.2 Å². The van der Waals surface area contributed by atoms with Crippen LogP contribution in [0.5, 0.6) is 0 Å². The molecule has 2 fully saturated rings. The van der Waals surface area contributed by atoms with Crippen molar-refractivity contribution < 1.29 is 9.47 Å². The fourth-order valence-electron chi connectivity index (χ4n) is 4.03. The van der Waals surface area contributed by atoms with E-state index in [0.29, 0.717) is 24.5 Å². The van der Waals surface area contributed by atoms with Crippen molar-refractivity contribution >= 4 is 0 Å². The standard InChI is InChI=1S/C16H26O2/c1-5-9-17-15(18-10-6-2)13-11-12-7-8-14(13)16(12,3)4/h5-6,12-15H,1-2,7-11H2,3-4H3/t12-,13+,14+/m1/s1. The minimum Gasteiger partial charge on any atom is -0.348 e. The lowest BCUT2D eigenvalue weighted by molar-refractivity contribution is -0.170. The predicted octanol–water partition coefficient (Wildman–Crippen LogP) is 3.79. The molecule has 0 amide bonds. The van der Waals surface area contributed by atoms with Crippen molar-refractivity contribution in [3.63, 3.8) is 0 Å². The minimum absolute atomic E-state index is 0.0874. The molecule has 0 unspecified atom stereocenters. The highest BCUT2D eigenvalue weighted by Crippen LogP contribution is 2.61. The maximum Gasteiger partial charge on any atom is 0.161 e. The molecule has 0 saturated heterocycles. The average molecular weight is 250 g/mol. The average Bonchev–Trinajstić information content (AvgIpc) is 2.78. The molecule has 0 aromatic rings. The Balaban J connectivity index is 2.02. The first kappa shape index (κ1) is 13.8. The fraction of sp³-hybridized carbons (Fsp3) is 0.750. The Kier molecular flexibility index (Phi) is 4.29. The lowest BCUT2D eigenvalue weighted by Gasteiger charge is -2.32. The van der Waals surface area contributed by atoms with E-state index in [9.17, 15) is 0 Å². The molecule has 2 saturated carbocycles. The monoisotopic (exact) mass is 250 g/mol. The van der Waals surface area contributed by atoms with Gasteiger partial charge in [-0.25, -0.2) is 0 Å². The van der Waals surface area contributed by atoms with Crippen molar-refractivity contribution in [3.8, 4) is 0 Å². The zero-order valence-electron chi connectivity index (χ0n) is 11.7. The van der Waals surface area contributed by atoms with Crippen molar-refractivity contribution in [2.24, 2.45) is 23.2 Å².